The predicted octanol–water partition coefficient (Wildman–Crippen LogP) is 4.44. The molecular weight excluding hydrogens is 201 g/mol. The van der Waals surface area contributed by atoms with E-state index in [1.807, 2.05) is 6.92 Å². The summed E-state index contributed by atoms with van der Waals surface area (Å²) in [5, 5.41) is 0. The molecule has 0 aliphatic heterocycles. The lowest BCUT2D eigenvalue weighted by Gasteiger charge is -2.12. The first-order valence-corrected chi connectivity index (χ1v) is 4.72. The Morgan fingerprint density at radius 1 is 1.33 bits per heavy atom. The molecule has 0 fully saturated rings. The van der Waals surface area contributed by atoms with Crippen LogP contribution in [0.25, 0.3) is 5.57 Å². The Morgan fingerprint density at radius 3 is 2.40 bits per heavy atom. The third-order valence-electron chi connectivity index (χ3n) is 2.38. The van der Waals surface area contributed by atoms with E-state index < -0.39 is 11.7 Å². The van der Waals surface area contributed by atoms with E-state index in [2.05, 4.69) is 6.58 Å². The van der Waals surface area contributed by atoms with Gasteiger partial charge in [0.1, 0.15) is 0 Å². The monoisotopic (exact) mass is 214 g/mol. The van der Waals surface area contributed by atoms with Gasteiger partial charge >= 0.3 is 6.18 Å². The molecule has 0 spiro atoms. The normalized spacial score (nSPS) is 11.5. The van der Waals surface area contributed by atoms with Crippen LogP contribution in [0.15, 0.2) is 24.8 Å². The van der Waals surface area contributed by atoms with Crippen molar-refractivity contribution < 1.29 is 13.2 Å². The molecular formula is C12H13F3. The van der Waals surface area contributed by atoms with Crippen molar-refractivity contribution in [2.75, 3.05) is 0 Å². The van der Waals surface area contributed by atoms with Crippen LogP contribution in [0.4, 0.5) is 13.2 Å². The van der Waals surface area contributed by atoms with E-state index in [4.69, 9.17) is 0 Å². The van der Waals surface area contributed by atoms with Crippen LogP contribution >= 0.6 is 0 Å². The molecule has 0 atom stereocenters. The van der Waals surface area contributed by atoms with Gasteiger partial charge in [0.15, 0.2) is 0 Å². The summed E-state index contributed by atoms with van der Waals surface area (Å²) in [5.41, 5.74) is 0.959. The SMILES string of the molecule is C=C(CC)c1ccc(C)c(C(F)(F)F)c1. The van der Waals surface area contributed by atoms with Crippen LogP contribution < -0.4 is 0 Å². The number of rotatable bonds is 2. The van der Waals surface area contributed by atoms with Crippen molar-refractivity contribution in [1.82, 2.24) is 0 Å². The predicted molar refractivity (Wildman–Crippen MR) is 55.5 cm³/mol. The minimum absolute atomic E-state index is 0.246. The second-order valence-electron chi connectivity index (χ2n) is 3.48. The average molecular weight is 214 g/mol. The Morgan fingerprint density at radius 2 is 1.93 bits per heavy atom. The lowest BCUT2D eigenvalue weighted by molar-refractivity contribution is -0.138. The van der Waals surface area contributed by atoms with E-state index in [-0.39, 0.29) is 5.56 Å². The molecule has 3 heteroatoms. The van der Waals surface area contributed by atoms with Crippen LogP contribution in [0.5, 0.6) is 0 Å². The summed E-state index contributed by atoms with van der Waals surface area (Å²) in [6.07, 6.45) is -3.63. The Labute approximate surface area is 87.4 Å². The largest absolute Gasteiger partial charge is 0.416 e. The fourth-order valence-corrected chi connectivity index (χ4v) is 1.35. The van der Waals surface area contributed by atoms with Crippen LogP contribution in [0.3, 0.4) is 0 Å². The molecule has 0 N–H and O–H groups in total. The third kappa shape index (κ3) is 2.61. The van der Waals surface area contributed by atoms with Crippen molar-refractivity contribution >= 4 is 5.57 Å². The summed E-state index contributed by atoms with van der Waals surface area (Å²) in [7, 11) is 0. The van der Waals surface area contributed by atoms with Crippen molar-refractivity contribution in [2.45, 2.75) is 26.4 Å². The zero-order chi connectivity index (χ0) is 11.6. The Hall–Kier alpha value is -1.25. The van der Waals surface area contributed by atoms with Gasteiger partial charge in [-0.05, 0) is 36.1 Å². The van der Waals surface area contributed by atoms with E-state index in [1.54, 1.807) is 6.07 Å². The van der Waals surface area contributed by atoms with Crippen molar-refractivity contribution in [3.8, 4) is 0 Å². The van der Waals surface area contributed by atoms with Gasteiger partial charge in [-0.3, -0.25) is 0 Å². The highest BCUT2D eigenvalue weighted by molar-refractivity contribution is 5.64. The molecule has 0 nitrogen and oxygen atoms in total. The molecule has 0 saturated heterocycles. The molecule has 0 aromatic heterocycles. The first-order chi connectivity index (χ1) is 6.86. The lowest BCUT2D eigenvalue weighted by atomic mass is 9.99. The fourth-order valence-electron chi connectivity index (χ4n) is 1.35. The zero-order valence-electron chi connectivity index (χ0n) is 8.78. The number of aryl methyl sites for hydroxylation is 1. The summed E-state index contributed by atoms with van der Waals surface area (Å²) in [5.74, 6) is 0. The van der Waals surface area contributed by atoms with Gasteiger partial charge in [-0.25, -0.2) is 0 Å². The number of benzene rings is 1. The zero-order valence-corrected chi connectivity index (χ0v) is 8.78. The Balaban J connectivity index is 3.23. The highest BCUT2D eigenvalue weighted by atomic mass is 19.4. The van der Waals surface area contributed by atoms with Gasteiger partial charge in [-0.1, -0.05) is 25.6 Å². The van der Waals surface area contributed by atoms with Gasteiger partial charge in [0.25, 0.3) is 0 Å². The number of alkyl halides is 3. The van der Waals surface area contributed by atoms with Crippen molar-refractivity contribution in [3.63, 3.8) is 0 Å². The highest BCUT2D eigenvalue weighted by Gasteiger charge is 2.32. The molecule has 15 heavy (non-hydrogen) atoms. The van der Waals surface area contributed by atoms with Gasteiger partial charge in [-0.15, -0.1) is 0 Å². The quantitative estimate of drug-likeness (QED) is 0.682. The fraction of sp³-hybridized carbons (Fsp3) is 0.333. The molecule has 0 aliphatic carbocycles. The molecule has 1 aromatic rings. The summed E-state index contributed by atoms with van der Waals surface area (Å²) in [6.45, 7) is 7.06. The topological polar surface area (TPSA) is 0 Å². The van der Waals surface area contributed by atoms with E-state index >= 15 is 0 Å². The highest BCUT2D eigenvalue weighted by Crippen LogP contribution is 2.33. The molecule has 1 aromatic carbocycles. The molecule has 0 saturated carbocycles. The van der Waals surface area contributed by atoms with Crippen molar-refractivity contribution in [1.29, 1.82) is 0 Å². The number of hydrogen-bond acceptors (Lipinski definition) is 0. The molecule has 0 radical (unpaired) electrons. The van der Waals surface area contributed by atoms with Crippen LogP contribution in [-0.4, -0.2) is 0 Å². The van der Waals surface area contributed by atoms with Gasteiger partial charge in [-0.2, -0.15) is 13.2 Å². The van der Waals surface area contributed by atoms with E-state index in [9.17, 15) is 13.2 Å². The van der Waals surface area contributed by atoms with E-state index in [0.717, 1.165) is 5.57 Å². The first kappa shape index (κ1) is 11.8. The lowest BCUT2D eigenvalue weighted by Crippen LogP contribution is -2.07. The average Bonchev–Trinajstić information content (AvgIpc) is 2.15. The minimum Gasteiger partial charge on any atom is -0.166 e. The van der Waals surface area contributed by atoms with Gasteiger partial charge in [0, 0.05) is 0 Å². The molecule has 0 amide bonds. The molecule has 0 heterocycles. The van der Waals surface area contributed by atoms with Crippen LogP contribution in [-0.2, 0) is 6.18 Å². The van der Waals surface area contributed by atoms with E-state index in [1.165, 1.54) is 19.1 Å². The maximum atomic E-state index is 12.6. The van der Waals surface area contributed by atoms with Crippen molar-refractivity contribution in [2.24, 2.45) is 0 Å². The smallest absolute Gasteiger partial charge is 0.166 e. The molecule has 1 rings (SSSR count). The minimum atomic E-state index is -4.28. The van der Waals surface area contributed by atoms with Gasteiger partial charge in [0.05, 0.1) is 5.56 Å². The third-order valence-corrected chi connectivity index (χ3v) is 2.38. The summed E-state index contributed by atoms with van der Waals surface area (Å²) in [4.78, 5) is 0. The number of hydrogen-bond donors (Lipinski definition) is 0. The Kier molecular flexibility index (Phi) is 3.22. The van der Waals surface area contributed by atoms with Crippen LogP contribution in [0.1, 0.15) is 30.0 Å². The maximum absolute atomic E-state index is 12.6. The molecule has 0 unspecified atom stereocenters. The first-order valence-electron chi connectivity index (χ1n) is 4.72. The summed E-state index contributed by atoms with van der Waals surface area (Å²) in [6, 6.07) is 4.33. The second kappa shape index (κ2) is 4.09. The van der Waals surface area contributed by atoms with Crippen LogP contribution in [0, 0.1) is 6.92 Å². The van der Waals surface area contributed by atoms with Crippen molar-refractivity contribution in [3.05, 3.63) is 41.5 Å². The maximum Gasteiger partial charge on any atom is 0.416 e. The molecule has 82 valence electrons. The molecule has 0 bridgehead atoms. The van der Waals surface area contributed by atoms with Gasteiger partial charge < -0.3 is 0 Å². The summed E-state index contributed by atoms with van der Waals surface area (Å²) < 4.78 is 37.7. The second-order valence-corrected chi connectivity index (χ2v) is 3.48. The van der Waals surface area contributed by atoms with E-state index in [0.29, 0.717) is 12.0 Å². The summed E-state index contributed by atoms with van der Waals surface area (Å²) >= 11 is 0. The standard InChI is InChI=1S/C12H13F3/c1-4-8(2)10-6-5-9(3)11(7-10)12(13,14)15/h5-7H,2,4H2,1,3H3. The number of halogens is 3. The molecule has 0 aliphatic rings. The number of allylic oxidation sites excluding steroid dienone is 1. The van der Waals surface area contributed by atoms with Gasteiger partial charge in [0.2, 0.25) is 0 Å². The van der Waals surface area contributed by atoms with Crippen LogP contribution in [0.2, 0.25) is 0 Å². The Bertz CT molecular complexity index is 375.